The quantitative estimate of drug-likeness (QED) is 0.0661. The molecule has 6 aromatic heterocycles. The van der Waals surface area contributed by atoms with E-state index in [0.29, 0.717) is 19.6 Å². The van der Waals surface area contributed by atoms with Gasteiger partial charge in [-0.05, 0) is 94.3 Å². The van der Waals surface area contributed by atoms with E-state index in [1.54, 1.807) is 0 Å². The summed E-state index contributed by atoms with van der Waals surface area (Å²) in [6, 6.07) is 17.5. The second kappa shape index (κ2) is 17.5. The predicted molar refractivity (Wildman–Crippen MR) is 248 cm³/mol. The van der Waals surface area contributed by atoms with Crippen LogP contribution in [0, 0.1) is 0 Å². The van der Waals surface area contributed by atoms with Crippen molar-refractivity contribution in [2.24, 2.45) is 0 Å². The molecule has 0 spiro atoms. The normalized spacial score (nSPS) is 13.5. The van der Waals surface area contributed by atoms with Crippen LogP contribution in [0.3, 0.4) is 0 Å². The molecule has 0 saturated carbocycles. The molecule has 0 fully saturated rings. The SMILES string of the molecule is FC(F)(F)C(F)(F)C(F)(F)c1nc2c(Sc3ccncc3)cc3c4cc(Sc5ccncc5)c5nc(C(F)(F)C(F)(F)C(F)(F)F)nc6c(Sc7ccncc7)cc(c7cc(Sc8ccncc8)c(n1)c2c37)c4c56. The molecule has 374 valence electrons. The van der Waals surface area contributed by atoms with E-state index in [-0.39, 0.29) is 62.7 Å². The third-order valence-corrected chi connectivity index (χ3v) is 15.7. The highest BCUT2D eigenvalue weighted by Gasteiger charge is 2.76. The van der Waals surface area contributed by atoms with Crippen molar-refractivity contribution in [3.63, 3.8) is 0 Å². The Kier molecular flexibility index (Phi) is 11.7. The van der Waals surface area contributed by atoms with Crippen molar-refractivity contribution in [1.29, 1.82) is 0 Å². The molecule has 11 aromatic rings. The monoisotopic (exact) mass is 1100 g/mol. The van der Waals surface area contributed by atoms with E-state index >= 15 is 35.1 Å². The summed E-state index contributed by atoms with van der Waals surface area (Å²) in [5, 5.41) is 0.941. The van der Waals surface area contributed by atoms with Crippen LogP contribution in [0.5, 0.6) is 0 Å². The highest BCUT2D eigenvalue weighted by Crippen LogP contribution is 2.57. The van der Waals surface area contributed by atoms with Crippen LogP contribution in [0.2, 0.25) is 0 Å². The van der Waals surface area contributed by atoms with Gasteiger partial charge in [0.15, 0.2) is 0 Å². The minimum Gasteiger partial charge on any atom is -0.265 e. The van der Waals surface area contributed by atoms with Gasteiger partial charge in [0, 0.05) is 110 Å². The zero-order chi connectivity index (χ0) is 52.3. The molecule has 26 heteroatoms. The molecule has 0 saturated heterocycles. The van der Waals surface area contributed by atoms with Crippen LogP contribution in [0.4, 0.5) is 61.5 Å². The standard InChI is InChI=1S/C48H20F14N8S4/c49-43(50,45(53,54)47(57,58)59)41-67-37-29(71-21-1-9-63-10-2-21)17-25-26-18-31(73-23-5-13-65-14-6-23)39-36-34(26)28(27-19-30(38(68-41)35(37)33(25)27)72-22-3-11-64-12-4-22)20-32(74-24-7-15-66-16-8-24)40(36)70-42(69-39)44(51,52)46(55,56)48(60,61)62/h1-20H. The molecule has 0 N–H and O–H groups in total. The van der Waals surface area contributed by atoms with Crippen LogP contribution in [0.25, 0.3) is 65.2 Å². The van der Waals surface area contributed by atoms with Crippen LogP contribution in [-0.4, -0.2) is 64.1 Å². The van der Waals surface area contributed by atoms with Crippen LogP contribution >= 0.6 is 47.0 Å². The van der Waals surface area contributed by atoms with E-state index in [1.165, 1.54) is 122 Å². The number of halogens is 14. The van der Waals surface area contributed by atoms with Crippen LogP contribution in [0.1, 0.15) is 11.6 Å². The molecular formula is C48H20F14N8S4. The molecule has 0 atom stereocenters. The van der Waals surface area contributed by atoms with Crippen LogP contribution < -0.4 is 0 Å². The van der Waals surface area contributed by atoms with E-state index in [0.717, 1.165) is 47.0 Å². The molecule has 0 radical (unpaired) electrons. The second-order valence-electron chi connectivity index (χ2n) is 16.1. The predicted octanol–water partition coefficient (Wildman–Crippen LogP) is 15.8. The van der Waals surface area contributed by atoms with Gasteiger partial charge in [0.2, 0.25) is 11.6 Å². The summed E-state index contributed by atoms with van der Waals surface area (Å²) in [4.78, 5) is 32.5. The Morgan fingerprint density at radius 2 is 0.514 bits per heavy atom. The van der Waals surface area contributed by atoms with Gasteiger partial charge in [0.25, 0.3) is 0 Å². The van der Waals surface area contributed by atoms with E-state index in [2.05, 4.69) is 39.9 Å². The lowest BCUT2D eigenvalue weighted by atomic mass is 9.88. The molecule has 6 heterocycles. The van der Waals surface area contributed by atoms with Crippen molar-refractivity contribution in [2.75, 3.05) is 0 Å². The van der Waals surface area contributed by atoms with Gasteiger partial charge in [-0.15, -0.1) is 0 Å². The second-order valence-corrected chi connectivity index (χ2v) is 20.6. The zero-order valence-electron chi connectivity index (χ0n) is 36.0. The Morgan fingerprint density at radius 1 is 0.297 bits per heavy atom. The third kappa shape index (κ3) is 7.88. The summed E-state index contributed by atoms with van der Waals surface area (Å²) in [7, 11) is 0. The zero-order valence-corrected chi connectivity index (χ0v) is 39.3. The highest BCUT2D eigenvalue weighted by molar-refractivity contribution is 8.00. The van der Waals surface area contributed by atoms with Crippen molar-refractivity contribution in [3.05, 3.63) is 134 Å². The summed E-state index contributed by atoms with van der Waals surface area (Å²) >= 11 is 3.34. The summed E-state index contributed by atoms with van der Waals surface area (Å²) in [5.74, 6) is -29.8. The Balaban J connectivity index is 1.36. The molecule has 0 aliphatic carbocycles. The van der Waals surface area contributed by atoms with E-state index in [1.807, 2.05) is 0 Å². The van der Waals surface area contributed by atoms with Gasteiger partial charge in [-0.2, -0.15) is 61.5 Å². The fraction of sp³-hybridized carbons (Fsp3) is 0.125. The number of rotatable bonds is 12. The molecule has 74 heavy (non-hydrogen) atoms. The molecule has 11 rings (SSSR count). The molecule has 8 nitrogen and oxygen atoms in total. The van der Waals surface area contributed by atoms with E-state index < -0.39 is 69.8 Å². The number of benzene rings is 5. The fourth-order valence-electron chi connectivity index (χ4n) is 8.24. The first kappa shape index (κ1) is 49.6. The summed E-state index contributed by atoms with van der Waals surface area (Å²) in [6.45, 7) is 0. The van der Waals surface area contributed by atoms with Crippen molar-refractivity contribution in [3.8, 4) is 0 Å². The molecule has 0 unspecified atom stereocenters. The first-order chi connectivity index (χ1) is 35.0. The van der Waals surface area contributed by atoms with Crippen LogP contribution in [0.15, 0.2) is 162 Å². The largest absolute Gasteiger partial charge is 0.460 e. The van der Waals surface area contributed by atoms with Crippen molar-refractivity contribution in [2.45, 2.75) is 75.2 Å². The molecular weight excluding hydrogens is 1080 g/mol. The van der Waals surface area contributed by atoms with Crippen molar-refractivity contribution >= 4 is 112 Å². The molecule has 0 bridgehead atoms. The fourth-order valence-corrected chi connectivity index (χ4v) is 12.0. The summed E-state index contributed by atoms with van der Waals surface area (Å²) < 4.78 is 208. The number of fused-ring (bicyclic) bond motifs is 2. The Hall–Kier alpha value is -6.64. The minimum absolute atomic E-state index is 0.0873. The lowest BCUT2D eigenvalue weighted by molar-refractivity contribution is -0.361. The maximum atomic E-state index is 16.0. The van der Waals surface area contributed by atoms with Gasteiger partial charge in [0.1, 0.15) is 0 Å². The molecule has 5 aromatic carbocycles. The Morgan fingerprint density at radius 3 is 0.716 bits per heavy atom. The number of aromatic nitrogens is 8. The van der Waals surface area contributed by atoms with Gasteiger partial charge >= 0.3 is 36.0 Å². The number of nitrogens with zero attached hydrogens (tertiary/aromatic N) is 8. The topological polar surface area (TPSA) is 103 Å². The van der Waals surface area contributed by atoms with E-state index in [4.69, 9.17) is 0 Å². The third-order valence-electron chi connectivity index (χ3n) is 11.6. The number of hydrogen-bond donors (Lipinski definition) is 0. The van der Waals surface area contributed by atoms with Crippen molar-refractivity contribution in [1.82, 2.24) is 39.9 Å². The van der Waals surface area contributed by atoms with Crippen LogP contribution in [-0.2, 0) is 11.8 Å². The maximum Gasteiger partial charge on any atom is 0.460 e. The lowest BCUT2D eigenvalue weighted by Gasteiger charge is -2.28. The van der Waals surface area contributed by atoms with Gasteiger partial charge in [-0.1, -0.05) is 47.0 Å². The van der Waals surface area contributed by atoms with Gasteiger partial charge < -0.3 is 0 Å². The Bertz CT molecular complexity index is 3490. The van der Waals surface area contributed by atoms with Gasteiger partial charge in [-0.25, -0.2) is 19.9 Å². The first-order valence-corrected chi connectivity index (χ1v) is 24.2. The van der Waals surface area contributed by atoms with Gasteiger partial charge in [-0.3, -0.25) is 19.9 Å². The van der Waals surface area contributed by atoms with Gasteiger partial charge in [0.05, 0.1) is 22.1 Å². The lowest BCUT2D eigenvalue weighted by Crippen LogP contribution is -2.50. The average Bonchev–Trinajstić information content (AvgIpc) is 3.38. The number of hydrogen-bond acceptors (Lipinski definition) is 12. The minimum atomic E-state index is -6.77. The Labute approximate surface area is 420 Å². The summed E-state index contributed by atoms with van der Waals surface area (Å²) in [5.41, 5.74) is -1.92. The summed E-state index contributed by atoms with van der Waals surface area (Å²) in [6.07, 6.45) is -2.62. The highest BCUT2D eigenvalue weighted by atomic mass is 32.2. The van der Waals surface area contributed by atoms with Crippen molar-refractivity contribution < 1.29 is 61.5 Å². The first-order valence-electron chi connectivity index (χ1n) is 20.9. The smallest absolute Gasteiger partial charge is 0.265 e. The number of pyridine rings is 4. The number of alkyl halides is 14. The maximum absolute atomic E-state index is 16.0. The average molecular weight is 1100 g/mol. The molecule has 0 aliphatic heterocycles. The molecule has 0 aliphatic rings. The molecule has 0 amide bonds. The van der Waals surface area contributed by atoms with E-state index in [9.17, 15) is 26.3 Å².